The number of carbonyl (C=O) groups excluding carboxylic acids is 2. The van der Waals surface area contributed by atoms with Gasteiger partial charge in [-0.2, -0.15) is 18.2 Å². The van der Waals surface area contributed by atoms with Gasteiger partial charge in [-0.3, -0.25) is 9.59 Å². The molecule has 0 bridgehead atoms. The highest BCUT2D eigenvalue weighted by atomic mass is 19.4. The van der Waals surface area contributed by atoms with E-state index in [1.807, 2.05) is 0 Å². The van der Waals surface area contributed by atoms with Gasteiger partial charge >= 0.3 is 12.1 Å². The lowest BCUT2D eigenvalue weighted by molar-refractivity contribution is -0.159. The first-order valence-electron chi connectivity index (χ1n) is 10.1. The first-order valence-corrected chi connectivity index (χ1v) is 10.1. The van der Waals surface area contributed by atoms with Crippen LogP contribution < -0.4 is 0 Å². The molecule has 13 heteroatoms. The van der Waals surface area contributed by atoms with Crippen molar-refractivity contribution in [2.45, 2.75) is 49.6 Å². The van der Waals surface area contributed by atoms with Gasteiger partial charge in [0.15, 0.2) is 0 Å². The van der Waals surface area contributed by atoms with Crippen molar-refractivity contribution >= 4 is 12.3 Å². The van der Waals surface area contributed by atoms with E-state index in [1.54, 1.807) is 6.07 Å². The van der Waals surface area contributed by atoms with Gasteiger partial charge in [-0.05, 0) is 18.1 Å². The van der Waals surface area contributed by atoms with Gasteiger partial charge in [0.2, 0.25) is 12.2 Å². The highest BCUT2D eigenvalue weighted by Crippen LogP contribution is 2.47. The molecule has 3 heterocycles. The van der Waals surface area contributed by atoms with Crippen LogP contribution in [0.5, 0.6) is 0 Å². The molecule has 0 unspecified atom stereocenters. The molecule has 2 fully saturated rings. The van der Waals surface area contributed by atoms with E-state index in [0.29, 0.717) is 25.0 Å². The van der Waals surface area contributed by atoms with E-state index in [4.69, 9.17) is 4.74 Å². The summed E-state index contributed by atoms with van der Waals surface area (Å²) in [4.78, 5) is 30.7. The molecule has 2 amide bonds. The van der Waals surface area contributed by atoms with Gasteiger partial charge in [0.25, 0.3) is 11.8 Å². The van der Waals surface area contributed by atoms with Crippen molar-refractivity contribution < 1.29 is 40.8 Å². The molecule has 3 aliphatic rings. The zero-order chi connectivity index (χ0) is 23.5. The van der Waals surface area contributed by atoms with Crippen molar-refractivity contribution in [3.8, 4) is 11.4 Å². The van der Waals surface area contributed by atoms with Crippen molar-refractivity contribution in [3.63, 3.8) is 0 Å². The van der Waals surface area contributed by atoms with E-state index >= 15 is 0 Å². The number of nitrogens with zero attached hydrogens (tertiary/aromatic N) is 4. The molecular formula is C20H17F5N4O4. The maximum Gasteiger partial charge on any atom is 0.471 e. The second kappa shape index (κ2) is 7.47. The fourth-order valence-electron chi connectivity index (χ4n) is 4.45. The molecule has 0 spiro atoms. The number of carbonyl (C=O) groups is 2. The summed E-state index contributed by atoms with van der Waals surface area (Å²) in [6.45, 7) is 0.483. The Morgan fingerprint density at radius 3 is 2.67 bits per heavy atom. The fraction of sp³-hybridized carbons (Fsp3) is 0.500. The third-order valence-electron chi connectivity index (χ3n) is 6.22. The number of halogens is 5. The summed E-state index contributed by atoms with van der Waals surface area (Å²) < 4.78 is 75.2. The molecule has 8 nitrogen and oxygen atoms in total. The predicted octanol–water partition coefficient (Wildman–Crippen LogP) is 2.73. The first kappa shape index (κ1) is 21.7. The van der Waals surface area contributed by atoms with Crippen LogP contribution in [-0.4, -0.2) is 69.5 Å². The second-order valence-corrected chi connectivity index (χ2v) is 8.26. The number of rotatable bonds is 5. The third-order valence-corrected chi connectivity index (χ3v) is 6.22. The lowest BCUT2D eigenvalue weighted by atomic mass is 10.00. The van der Waals surface area contributed by atoms with E-state index < -0.39 is 48.4 Å². The molecule has 1 saturated heterocycles. The molecule has 1 aliphatic carbocycles. The number of amides is 2. The second-order valence-electron chi connectivity index (χ2n) is 8.26. The summed E-state index contributed by atoms with van der Waals surface area (Å²) in [5.74, 6) is -5.20. The maximum absolute atomic E-state index is 13.7. The van der Waals surface area contributed by atoms with Gasteiger partial charge in [-0.1, -0.05) is 17.3 Å². The van der Waals surface area contributed by atoms with Gasteiger partial charge < -0.3 is 19.1 Å². The van der Waals surface area contributed by atoms with Gasteiger partial charge in [-0.15, -0.1) is 0 Å². The van der Waals surface area contributed by atoms with Crippen LogP contribution in [0.3, 0.4) is 0 Å². The molecule has 1 aromatic carbocycles. The molecule has 1 aromatic heterocycles. The van der Waals surface area contributed by atoms with Crippen LogP contribution in [0.1, 0.15) is 34.7 Å². The van der Waals surface area contributed by atoms with Crippen molar-refractivity contribution in [1.29, 1.82) is 0 Å². The number of alkyl halides is 5. The minimum atomic E-state index is -4.80. The number of fused-ring (bicyclic) bond motifs is 1. The Morgan fingerprint density at radius 2 is 2.03 bits per heavy atom. The molecule has 3 atom stereocenters. The molecule has 176 valence electrons. The Labute approximate surface area is 183 Å². The van der Waals surface area contributed by atoms with Crippen molar-refractivity contribution in [2.75, 3.05) is 13.2 Å². The normalized spacial score (nSPS) is 26.3. The molecule has 33 heavy (non-hydrogen) atoms. The lowest BCUT2D eigenvalue weighted by Gasteiger charge is -2.42. The van der Waals surface area contributed by atoms with Crippen molar-refractivity contribution in [2.24, 2.45) is 0 Å². The Morgan fingerprint density at radius 1 is 1.27 bits per heavy atom. The van der Waals surface area contributed by atoms with E-state index in [9.17, 15) is 31.5 Å². The van der Waals surface area contributed by atoms with E-state index in [1.165, 1.54) is 17.0 Å². The van der Waals surface area contributed by atoms with Crippen LogP contribution in [-0.2, 0) is 22.3 Å². The molecule has 0 N–H and O–H groups in total. The summed E-state index contributed by atoms with van der Waals surface area (Å²) in [5.41, 5.74) is 1.02. The maximum atomic E-state index is 13.7. The average molecular weight is 472 g/mol. The number of aromatic nitrogens is 2. The highest BCUT2D eigenvalue weighted by Gasteiger charge is 2.62. The smallest absolute Gasteiger partial charge is 0.379 e. The van der Waals surface area contributed by atoms with E-state index in [-0.39, 0.29) is 30.1 Å². The summed E-state index contributed by atoms with van der Waals surface area (Å²) in [5, 5.41) is 3.33. The van der Waals surface area contributed by atoms with Crippen LogP contribution >= 0.6 is 0 Å². The zero-order valence-electron chi connectivity index (χ0n) is 16.9. The first-order chi connectivity index (χ1) is 15.6. The third kappa shape index (κ3) is 3.73. The Balaban J connectivity index is 1.40. The summed E-state index contributed by atoms with van der Waals surface area (Å²) in [6, 6.07) is 1.92. The van der Waals surface area contributed by atoms with Gasteiger partial charge in [-0.25, -0.2) is 8.78 Å². The summed E-state index contributed by atoms with van der Waals surface area (Å²) in [6.07, 6.45) is -4.51. The minimum Gasteiger partial charge on any atom is -0.379 e. The zero-order valence-corrected chi connectivity index (χ0v) is 16.9. The van der Waals surface area contributed by atoms with Crippen LogP contribution in [0, 0.1) is 0 Å². The number of ether oxygens (including phenoxy) is 1. The summed E-state index contributed by atoms with van der Waals surface area (Å²) in [7, 11) is 0. The van der Waals surface area contributed by atoms with E-state index in [0.717, 1.165) is 4.90 Å². The Kier molecular flexibility index (Phi) is 4.92. The Hall–Kier alpha value is -3.09. The molecular weight excluding hydrogens is 455 g/mol. The molecule has 2 aliphatic heterocycles. The number of hydrogen-bond donors (Lipinski definition) is 0. The summed E-state index contributed by atoms with van der Waals surface area (Å²) >= 11 is 0. The fourth-order valence-corrected chi connectivity index (χ4v) is 4.45. The SMILES string of the molecule is O=CN([C@@H]1COCC[C@H]1N1Cc2ccc(-c3noc(C(F)(F)F)n3)cc2C1=O)[C@H]1CC1(F)F. The average Bonchev–Trinajstić information content (AvgIpc) is 3.13. The Bertz CT molecular complexity index is 1100. The van der Waals surface area contributed by atoms with Crippen LogP contribution in [0.25, 0.3) is 11.4 Å². The van der Waals surface area contributed by atoms with Gasteiger partial charge in [0.05, 0.1) is 18.7 Å². The van der Waals surface area contributed by atoms with Crippen molar-refractivity contribution in [1.82, 2.24) is 19.9 Å². The number of benzene rings is 1. The monoisotopic (exact) mass is 472 g/mol. The standard InChI is InChI=1S/C20H17F5N4O4/c21-19(22)6-15(19)29(9-30)14-8-32-4-3-13(14)28-7-11-2-1-10(5-12(11)17(28)31)16-26-18(33-27-16)20(23,24)25/h1-2,5,9,13-15H,3-4,6-8H2/t13-,14-,15+/m1/s1. The van der Waals surface area contributed by atoms with Gasteiger partial charge in [0.1, 0.15) is 6.04 Å². The minimum absolute atomic E-state index is 0.0183. The van der Waals surface area contributed by atoms with Gasteiger partial charge in [0, 0.05) is 30.7 Å². The molecule has 2 aromatic rings. The van der Waals surface area contributed by atoms with Crippen LogP contribution in [0.15, 0.2) is 22.7 Å². The highest BCUT2D eigenvalue weighted by molar-refractivity contribution is 5.99. The topological polar surface area (TPSA) is 88.8 Å². The van der Waals surface area contributed by atoms with Crippen LogP contribution in [0.2, 0.25) is 0 Å². The number of hydrogen-bond acceptors (Lipinski definition) is 6. The van der Waals surface area contributed by atoms with Crippen molar-refractivity contribution in [3.05, 3.63) is 35.2 Å². The largest absolute Gasteiger partial charge is 0.471 e. The lowest BCUT2D eigenvalue weighted by Crippen LogP contribution is -2.57. The molecule has 0 radical (unpaired) electrons. The predicted molar refractivity (Wildman–Crippen MR) is 98.9 cm³/mol. The molecule has 5 rings (SSSR count). The van der Waals surface area contributed by atoms with E-state index in [2.05, 4.69) is 14.7 Å². The molecule has 1 saturated carbocycles. The quantitative estimate of drug-likeness (QED) is 0.491. The van der Waals surface area contributed by atoms with Crippen LogP contribution in [0.4, 0.5) is 22.0 Å².